The van der Waals surface area contributed by atoms with Crippen LogP contribution >= 0.6 is 0 Å². The number of methoxy groups -OCH3 is 2. The van der Waals surface area contributed by atoms with E-state index in [4.69, 9.17) is 9.47 Å². The molecule has 0 unspecified atom stereocenters. The Balaban J connectivity index is 1.65. The highest BCUT2D eigenvalue weighted by Gasteiger charge is 2.28. The number of piperidine rings is 1. The van der Waals surface area contributed by atoms with Gasteiger partial charge in [0.05, 0.1) is 32.0 Å². The van der Waals surface area contributed by atoms with Gasteiger partial charge in [0, 0.05) is 25.6 Å². The lowest BCUT2D eigenvalue weighted by Crippen LogP contribution is -2.39. The SMILES string of the molecule is COc1ccc(OC)c(C(=O)N2CCC(n3nccc3NC(=O)CC(C)C)CC2)c1. The van der Waals surface area contributed by atoms with Gasteiger partial charge >= 0.3 is 0 Å². The van der Waals surface area contributed by atoms with E-state index in [-0.39, 0.29) is 17.9 Å². The number of nitrogens with one attached hydrogen (secondary N) is 1. The average Bonchev–Trinajstić information content (AvgIpc) is 3.20. The summed E-state index contributed by atoms with van der Waals surface area (Å²) in [5, 5.41) is 7.37. The molecule has 1 N–H and O–H groups in total. The number of anilines is 1. The molecular formula is C22H30N4O4. The van der Waals surface area contributed by atoms with E-state index in [2.05, 4.69) is 10.4 Å². The largest absolute Gasteiger partial charge is 0.497 e. The van der Waals surface area contributed by atoms with Gasteiger partial charge in [-0.15, -0.1) is 0 Å². The maximum Gasteiger partial charge on any atom is 0.257 e. The van der Waals surface area contributed by atoms with Crippen LogP contribution < -0.4 is 14.8 Å². The number of nitrogens with zero attached hydrogens (tertiary/aromatic N) is 3. The summed E-state index contributed by atoms with van der Waals surface area (Å²) in [6.45, 7) is 5.23. The third kappa shape index (κ3) is 4.93. The van der Waals surface area contributed by atoms with E-state index in [0.717, 1.165) is 12.8 Å². The van der Waals surface area contributed by atoms with E-state index >= 15 is 0 Å². The number of benzene rings is 1. The van der Waals surface area contributed by atoms with Crippen LogP contribution in [-0.2, 0) is 4.79 Å². The smallest absolute Gasteiger partial charge is 0.257 e. The highest BCUT2D eigenvalue weighted by molar-refractivity contribution is 5.97. The van der Waals surface area contributed by atoms with Gasteiger partial charge in [-0.2, -0.15) is 5.10 Å². The molecule has 1 saturated heterocycles. The number of amides is 2. The summed E-state index contributed by atoms with van der Waals surface area (Å²) in [6, 6.07) is 7.18. The van der Waals surface area contributed by atoms with Gasteiger partial charge in [-0.1, -0.05) is 13.8 Å². The second-order valence-corrected chi connectivity index (χ2v) is 7.90. The lowest BCUT2D eigenvalue weighted by molar-refractivity contribution is -0.116. The molecule has 3 rings (SSSR count). The van der Waals surface area contributed by atoms with Crippen molar-refractivity contribution in [1.82, 2.24) is 14.7 Å². The number of hydrogen-bond donors (Lipinski definition) is 1. The molecule has 0 atom stereocenters. The molecule has 1 aromatic carbocycles. The quantitative estimate of drug-likeness (QED) is 0.751. The zero-order chi connectivity index (χ0) is 21.7. The Kier molecular flexibility index (Phi) is 6.97. The van der Waals surface area contributed by atoms with Gasteiger partial charge in [0.1, 0.15) is 17.3 Å². The third-order valence-corrected chi connectivity index (χ3v) is 5.27. The molecule has 0 spiro atoms. The Morgan fingerprint density at radius 2 is 1.90 bits per heavy atom. The first-order chi connectivity index (χ1) is 14.4. The molecule has 1 aliphatic heterocycles. The third-order valence-electron chi connectivity index (χ3n) is 5.27. The van der Waals surface area contributed by atoms with Crippen LogP contribution in [-0.4, -0.2) is 53.8 Å². The molecule has 1 aliphatic rings. The number of ether oxygens (including phenoxy) is 2. The van der Waals surface area contributed by atoms with E-state index in [1.807, 2.05) is 29.5 Å². The first-order valence-electron chi connectivity index (χ1n) is 10.3. The first kappa shape index (κ1) is 21.7. The van der Waals surface area contributed by atoms with Crippen molar-refractivity contribution in [3.63, 3.8) is 0 Å². The van der Waals surface area contributed by atoms with Crippen molar-refractivity contribution >= 4 is 17.6 Å². The molecule has 8 heteroatoms. The molecular weight excluding hydrogens is 384 g/mol. The topological polar surface area (TPSA) is 85.7 Å². The summed E-state index contributed by atoms with van der Waals surface area (Å²) in [4.78, 5) is 27.0. The predicted molar refractivity (Wildman–Crippen MR) is 114 cm³/mol. The van der Waals surface area contributed by atoms with Gasteiger partial charge in [0.15, 0.2) is 0 Å². The second kappa shape index (κ2) is 9.65. The van der Waals surface area contributed by atoms with Crippen molar-refractivity contribution in [2.24, 2.45) is 5.92 Å². The molecule has 1 aromatic heterocycles. The van der Waals surface area contributed by atoms with Crippen LogP contribution in [0.1, 0.15) is 49.5 Å². The number of carbonyl (C=O) groups is 2. The molecule has 2 heterocycles. The van der Waals surface area contributed by atoms with Gasteiger partial charge < -0.3 is 19.7 Å². The minimum atomic E-state index is -0.0740. The summed E-state index contributed by atoms with van der Waals surface area (Å²) in [5.41, 5.74) is 0.496. The normalized spacial score (nSPS) is 14.6. The lowest BCUT2D eigenvalue weighted by atomic mass is 10.0. The Morgan fingerprint density at radius 1 is 1.17 bits per heavy atom. The standard InChI is InChI=1S/C22H30N4O4/c1-15(2)13-21(27)24-20-7-10-23-26(20)16-8-11-25(12-9-16)22(28)18-14-17(29-3)5-6-19(18)30-4/h5-7,10,14-16H,8-9,11-13H2,1-4H3,(H,24,27). The molecule has 30 heavy (non-hydrogen) atoms. The second-order valence-electron chi connectivity index (χ2n) is 7.90. The van der Waals surface area contributed by atoms with Crippen molar-refractivity contribution < 1.29 is 19.1 Å². The van der Waals surface area contributed by atoms with Crippen molar-refractivity contribution in [3.05, 3.63) is 36.0 Å². The maximum atomic E-state index is 13.1. The van der Waals surface area contributed by atoms with Crippen molar-refractivity contribution in [2.75, 3.05) is 32.6 Å². The van der Waals surface area contributed by atoms with Gasteiger partial charge in [-0.25, -0.2) is 4.68 Å². The van der Waals surface area contributed by atoms with Crippen molar-refractivity contribution in [3.8, 4) is 11.5 Å². The van der Waals surface area contributed by atoms with Crippen molar-refractivity contribution in [1.29, 1.82) is 0 Å². The number of rotatable bonds is 7. The monoisotopic (exact) mass is 414 g/mol. The number of hydrogen-bond acceptors (Lipinski definition) is 5. The zero-order valence-electron chi connectivity index (χ0n) is 18.1. The first-order valence-corrected chi connectivity index (χ1v) is 10.3. The van der Waals surface area contributed by atoms with E-state index in [9.17, 15) is 9.59 Å². The molecule has 0 saturated carbocycles. The minimum absolute atomic E-state index is 0.00974. The Bertz CT molecular complexity index is 885. The summed E-state index contributed by atoms with van der Waals surface area (Å²) < 4.78 is 12.5. The molecule has 8 nitrogen and oxygen atoms in total. The fourth-order valence-corrected chi connectivity index (χ4v) is 3.73. The molecule has 0 radical (unpaired) electrons. The van der Waals surface area contributed by atoms with Crippen LogP contribution in [0.4, 0.5) is 5.82 Å². The van der Waals surface area contributed by atoms with Crippen LogP contribution in [0.25, 0.3) is 0 Å². The van der Waals surface area contributed by atoms with E-state index < -0.39 is 0 Å². The average molecular weight is 415 g/mol. The van der Waals surface area contributed by atoms with Gasteiger partial charge in [0.25, 0.3) is 5.91 Å². The van der Waals surface area contributed by atoms with E-state index in [0.29, 0.717) is 48.3 Å². The van der Waals surface area contributed by atoms with E-state index in [1.165, 1.54) is 0 Å². The highest BCUT2D eigenvalue weighted by Crippen LogP contribution is 2.29. The summed E-state index contributed by atoms with van der Waals surface area (Å²) >= 11 is 0. The Hall–Kier alpha value is -3.03. The Morgan fingerprint density at radius 3 is 2.53 bits per heavy atom. The minimum Gasteiger partial charge on any atom is -0.497 e. The number of carbonyl (C=O) groups excluding carboxylic acids is 2. The van der Waals surface area contributed by atoms with Crippen molar-refractivity contribution in [2.45, 2.75) is 39.2 Å². The molecule has 2 aromatic rings. The predicted octanol–water partition coefficient (Wildman–Crippen LogP) is 3.36. The van der Waals surface area contributed by atoms with Crippen LogP contribution in [0.15, 0.2) is 30.5 Å². The van der Waals surface area contributed by atoms with Crippen LogP contribution in [0.2, 0.25) is 0 Å². The molecule has 162 valence electrons. The fraction of sp³-hybridized carbons (Fsp3) is 0.500. The fourth-order valence-electron chi connectivity index (χ4n) is 3.73. The molecule has 2 amide bonds. The van der Waals surface area contributed by atoms with Crippen LogP contribution in [0, 0.1) is 5.92 Å². The number of aromatic nitrogens is 2. The molecule has 0 bridgehead atoms. The lowest BCUT2D eigenvalue weighted by Gasteiger charge is -2.33. The summed E-state index contributed by atoms with van der Waals surface area (Å²) in [6.07, 6.45) is 3.68. The number of likely N-dealkylation sites (tertiary alicyclic amines) is 1. The van der Waals surface area contributed by atoms with E-state index in [1.54, 1.807) is 38.6 Å². The van der Waals surface area contributed by atoms with Gasteiger partial charge in [-0.3, -0.25) is 9.59 Å². The molecule has 0 aliphatic carbocycles. The van der Waals surface area contributed by atoms with Gasteiger partial charge in [-0.05, 0) is 37.0 Å². The highest BCUT2D eigenvalue weighted by atomic mass is 16.5. The summed E-state index contributed by atoms with van der Waals surface area (Å²) in [7, 11) is 3.13. The van der Waals surface area contributed by atoms with Crippen LogP contribution in [0.3, 0.4) is 0 Å². The maximum absolute atomic E-state index is 13.1. The summed E-state index contributed by atoms with van der Waals surface area (Å²) in [5.74, 6) is 2.07. The zero-order valence-corrected chi connectivity index (χ0v) is 18.1. The van der Waals surface area contributed by atoms with Gasteiger partial charge in [0.2, 0.25) is 5.91 Å². The van der Waals surface area contributed by atoms with Crippen LogP contribution in [0.5, 0.6) is 11.5 Å². The molecule has 1 fully saturated rings. The Labute approximate surface area is 177 Å².